The van der Waals surface area contributed by atoms with Crippen LogP contribution in [-0.2, 0) is 24.1 Å². The Labute approximate surface area is 183 Å². The largest absolute Gasteiger partial charge is 0.444 e. The second-order valence-corrected chi connectivity index (χ2v) is 9.21. The van der Waals surface area contributed by atoms with E-state index in [1.165, 1.54) is 6.07 Å². The van der Waals surface area contributed by atoms with E-state index >= 15 is 0 Å². The number of ether oxygens (including phenoxy) is 1. The maximum Gasteiger partial charge on any atom is 0.410 e. The number of aryl methyl sites for hydroxylation is 2. The van der Waals surface area contributed by atoms with E-state index in [0.29, 0.717) is 31.5 Å². The Morgan fingerprint density at radius 2 is 2.00 bits per heavy atom. The lowest BCUT2D eigenvalue weighted by Crippen LogP contribution is -2.45. The van der Waals surface area contributed by atoms with Gasteiger partial charge in [0.15, 0.2) is 11.6 Å². The number of hydrogen-bond acceptors (Lipinski definition) is 3. The molecule has 1 amide bonds. The number of nitrogens with zero attached hydrogens (tertiary/aromatic N) is 3. The first kappa shape index (κ1) is 22.0. The van der Waals surface area contributed by atoms with Gasteiger partial charge in [0.1, 0.15) is 15.1 Å². The van der Waals surface area contributed by atoms with Gasteiger partial charge in [0, 0.05) is 19.5 Å². The van der Waals surface area contributed by atoms with Gasteiger partial charge in [0.2, 0.25) is 0 Å². The van der Waals surface area contributed by atoms with Crippen molar-refractivity contribution < 1.29 is 18.3 Å². The summed E-state index contributed by atoms with van der Waals surface area (Å²) in [4.78, 5) is 19.3. The van der Waals surface area contributed by atoms with Gasteiger partial charge in [-0.3, -0.25) is 4.90 Å². The number of carbonyl (C=O) groups is 1. The molecule has 1 aliphatic rings. The van der Waals surface area contributed by atoms with Gasteiger partial charge in [-0.15, -0.1) is 0 Å². The zero-order valence-electron chi connectivity index (χ0n) is 17.1. The highest BCUT2D eigenvalue weighted by Crippen LogP contribution is 2.35. The minimum Gasteiger partial charge on any atom is -0.444 e. The summed E-state index contributed by atoms with van der Waals surface area (Å²) in [5, 5.41) is 0. The SMILES string of the molecule is CCc1nc(I)c2n1CCN(C(=O)OC(C)(C)C)C2CCc1ccc(F)c(F)c1. The van der Waals surface area contributed by atoms with Crippen molar-refractivity contribution in [2.45, 2.75) is 65.1 Å². The maximum atomic E-state index is 13.6. The van der Waals surface area contributed by atoms with Crippen LogP contribution in [0.4, 0.5) is 13.6 Å². The third kappa shape index (κ3) is 4.90. The van der Waals surface area contributed by atoms with Crippen molar-refractivity contribution in [3.8, 4) is 0 Å². The smallest absolute Gasteiger partial charge is 0.410 e. The van der Waals surface area contributed by atoms with Crippen molar-refractivity contribution in [1.82, 2.24) is 14.5 Å². The van der Waals surface area contributed by atoms with Crippen LogP contribution < -0.4 is 0 Å². The van der Waals surface area contributed by atoms with Gasteiger partial charge >= 0.3 is 6.09 Å². The molecule has 0 aliphatic carbocycles. The third-order valence-electron chi connectivity index (χ3n) is 4.93. The summed E-state index contributed by atoms with van der Waals surface area (Å²) < 4.78 is 35.5. The lowest BCUT2D eigenvalue weighted by molar-refractivity contribution is 0.00934. The Morgan fingerprint density at radius 3 is 2.62 bits per heavy atom. The zero-order chi connectivity index (χ0) is 21.3. The van der Waals surface area contributed by atoms with E-state index in [4.69, 9.17) is 4.74 Å². The summed E-state index contributed by atoms with van der Waals surface area (Å²) in [6.45, 7) is 8.76. The Bertz CT molecular complexity index is 908. The number of halogens is 3. The summed E-state index contributed by atoms with van der Waals surface area (Å²) in [7, 11) is 0. The first-order chi connectivity index (χ1) is 13.6. The molecule has 0 spiro atoms. The lowest BCUT2D eigenvalue weighted by atomic mass is 10.00. The number of imidazole rings is 1. The van der Waals surface area contributed by atoms with Gasteiger partial charge in [-0.2, -0.15) is 0 Å². The van der Waals surface area contributed by atoms with Gasteiger partial charge in [0.25, 0.3) is 0 Å². The second kappa shape index (κ2) is 8.57. The molecule has 1 aliphatic heterocycles. The number of rotatable bonds is 4. The summed E-state index contributed by atoms with van der Waals surface area (Å²) in [5.41, 5.74) is 1.08. The van der Waals surface area contributed by atoms with Gasteiger partial charge in [-0.25, -0.2) is 18.6 Å². The molecular weight excluding hydrogens is 491 g/mol. The van der Waals surface area contributed by atoms with E-state index in [2.05, 4.69) is 39.1 Å². The predicted molar refractivity (Wildman–Crippen MR) is 115 cm³/mol. The molecule has 1 aromatic heterocycles. The Hall–Kier alpha value is -1.71. The van der Waals surface area contributed by atoms with Gasteiger partial charge < -0.3 is 9.30 Å². The summed E-state index contributed by atoms with van der Waals surface area (Å²) in [5.74, 6) is -0.726. The number of fused-ring (bicyclic) bond motifs is 1. The minimum atomic E-state index is -0.859. The van der Waals surface area contributed by atoms with E-state index in [1.54, 1.807) is 11.0 Å². The fraction of sp³-hybridized carbons (Fsp3) is 0.524. The summed E-state index contributed by atoms with van der Waals surface area (Å²) in [6, 6.07) is 3.70. The average Bonchev–Trinajstić information content (AvgIpc) is 2.97. The molecule has 0 saturated heterocycles. The van der Waals surface area contributed by atoms with Crippen LogP contribution in [0.25, 0.3) is 0 Å². The average molecular weight is 517 g/mol. The highest BCUT2D eigenvalue weighted by Gasteiger charge is 2.36. The molecule has 1 unspecified atom stereocenters. The van der Waals surface area contributed by atoms with Crippen molar-refractivity contribution in [1.29, 1.82) is 0 Å². The summed E-state index contributed by atoms with van der Waals surface area (Å²) in [6.07, 6.45) is 1.51. The van der Waals surface area contributed by atoms with Gasteiger partial charge in [-0.05, 0) is 73.9 Å². The van der Waals surface area contributed by atoms with Crippen LogP contribution in [0.5, 0.6) is 0 Å². The van der Waals surface area contributed by atoms with Gasteiger partial charge in [0.05, 0.1) is 11.7 Å². The maximum absolute atomic E-state index is 13.6. The molecule has 0 bridgehead atoms. The Morgan fingerprint density at radius 1 is 1.28 bits per heavy atom. The molecule has 0 saturated carbocycles. The van der Waals surface area contributed by atoms with Crippen molar-refractivity contribution in [3.63, 3.8) is 0 Å². The van der Waals surface area contributed by atoms with Crippen molar-refractivity contribution >= 4 is 28.7 Å². The van der Waals surface area contributed by atoms with Crippen LogP contribution in [-0.4, -0.2) is 32.7 Å². The molecule has 3 rings (SSSR count). The van der Waals surface area contributed by atoms with Crippen molar-refractivity contribution in [3.05, 3.63) is 50.6 Å². The molecule has 0 fully saturated rings. The zero-order valence-corrected chi connectivity index (χ0v) is 19.3. The Kier molecular flexibility index (Phi) is 6.50. The normalized spacial score (nSPS) is 16.7. The van der Waals surface area contributed by atoms with Crippen LogP contribution >= 0.6 is 22.6 Å². The van der Waals surface area contributed by atoms with Crippen LogP contribution in [0.15, 0.2) is 18.2 Å². The van der Waals surface area contributed by atoms with E-state index in [9.17, 15) is 13.6 Å². The van der Waals surface area contributed by atoms with Crippen molar-refractivity contribution in [2.24, 2.45) is 0 Å². The van der Waals surface area contributed by atoms with Crippen LogP contribution in [0.1, 0.15) is 57.2 Å². The number of carbonyl (C=O) groups excluding carboxylic acids is 1. The van der Waals surface area contributed by atoms with E-state index in [0.717, 1.165) is 27.7 Å². The molecule has 2 aromatic rings. The topological polar surface area (TPSA) is 47.4 Å². The monoisotopic (exact) mass is 517 g/mol. The molecule has 5 nitrogen and oxygen atoms in total. The van der Waals surface area contributed by atoms with Crippen LogP contribution in [0.3, 0.4) is 0 Å². The number of aromatic nitrogens is 2. The van der Waals surface area contributed by atoms with E-state index in [-0.39, 0.29) is 12.1 Å². The predicted octanol–water partition coefficient (Wildman–Crippen LogP) is 5.25. The van der Waals surface area contributed by atoms with E-state index in [1.807, 2.05) is 20.8 Å². The molecule has 2 heterocycles. The molecule has 0 radical (unpaired) electrons. The number of amides is 1. The molecular formula is C21H26F2IN3O2. The van der Waals surface area contributed by atoms with Crippen LogP contribution in [0.2, 0.25) is 0 Å². The number of hydrogen-bond donors (Lipinski definition) is 0. The molecule has 8 heteroatoms. The highest BCUT2D eigenvalue weighted by molar-refractivity contribution is 14.1. The molecule has 1 aromatic carbocycles. The summed E-state index contributed by atoms with van der Waals surface area (Å²) >= 11 is 2.21. The standard InChI is InChI=1S/C21H26F2IN3O2/c1-5-17-25-19(24)18-16(9-7-13-6-8-14(22)15(23)12-13)26(10-11-27(17)18)20(28)29-21(2,3)4/h6,8,12,16H,5,7,9-11H2,1-4H3. The molecule has 1 atom stereocenters. The first-order valence-electron chi connectivity index (χ1n) is 9.79. The Balaban J connectivity index is 1.91. The van der Waals surface area contributed by atoms with Crippen molar-refractivity contribution in [2.75, 3.05) is 6.54 Å². The molecule has 0 N–H and O–H groups in total. The highest BCUT2D eigenvalue weighted by atomic mass is 127. The van der Waals surface area contributed by atoms with Gasteiger partial charge in [-0.1, -0.05) is 13.0 Å². The fourth-order valence-electron chi connectivity index (χ4n) is 3.66. The minimum absolute atomic E-state index is 0.244. The first-order valence-corrected chi connectivity index (χ1v) is 10.9. The van der Waals surface area contributed by atoms with Crippen LogP contribution in [0, 0.1) is 15.3 Å². The second-order valence-electron chi connectivity index (χ2n) is 8.19. The quantitative estimate of drug-likeness (QED) is 0.521. The third-order valence-corrected chi connectivity index (χ3v) is 5.73. The molecule has 158 valence electrons. The lowest BCUT2D eigenvalue weighted by Gasteiger charge is -2.38. The van der Waals surface area contributed by atoms with E-state index < -0.39 is 17.2 Å². The molecule has 29 heavy (non-hydrogen) atoms. The number of benzene rings is 1. The fourth-order valence-corrected chi connectivity index (χ4v) is 4.59.